The first-order valence-corrected chi connectivity index (χ1v) is 6.95. The number of nitrogens with zero attached hydrogens (tertiary/aromatic N) is 2. The van der Waals surface area contributed by atoms with Crippen molar-refractivity contribution in [3.8, 4) is 11.3 Å². The summed E-state index contributed by atoms with van der Waals surface area (Å²) < 4.78 is 10.5. The van der Waals surface area contributed by atoms with Crippen molar-refractivity contribution < 1.29 is 9.26 Å². The Morgan fingerprint density at radius 1 is 1.29 bits per heavy atom. The lowest BCUT2D eigenvalue weighted by molar-refractivity contribution is 0.185. The normalized spacial score (nSPS) is 11.4. The van der Waals surface area contributed by atoms with Crippen molar-refractivity contribution in [3.05, 3.63) is 47.9 Å². The molecule has 0 N–H and O–H groups in total. The van der Waals surface area contributed by atoms with E-state index in [-0.39, 0.29) is 0 Å². The summed E-state index contributed by atoms with van der Waals surface area (Å²) in [6.45, 7) is 4.69. The van der Waals surface area contributed by atoms with E-state index in [1.54, 1.807) is 13.4 Å². The van der Waals surface area contributed by atoms with Gasteiger partial charge < -0.3 is 9.26 Å². The van der Waals surface area contributed by atoms with Gasteiger partial charge in [0.05, 0.1) is 18.3 Å². The summed E-state index contributed by atoms with van der Waals surface area (Å²) in [6, 6.07) is 7.98. The molecular weight excluding hydrogens is 264 g/mol. The first kappa shape index (κ1) is 13.8. The highest BCUT2D eigenvalue weighted by molar-refractivity contribution is 5.95. The van der Waals surface area contributed by atoms with Crippen LogP contribution in [0, 0.1) is 6.20 Å². The van der Waals surface area contributed by atoms with Gasteiger partial charge in [-0.2, -0.15) is 0 Å². The van der Waals surface area contributed by atoms with Crippen molar-refractivity contribution in [2.75, 3.05) is 7.11 Å². The van der Waals surface area contributed by atoms with Gasteiger partial charge in [0.25, 0.3) is 0 Å². The van der Waals surface area contributed by atoms with Crippen molar-refractivity contribution in [3.63, 3.8) is 0 Å². The van der Waals surface area contributed by atoms with Crippen molar-refractivity contribution in [2.45, 2.75) is 26.4 Å². The average Bonchev–Trinajstić information content (AvgIpc) is 2.96. The van der Waals surface area contributed by atoms with Gasteiger partial charge in [-0.15, -0.1) is 0 Å². The van der Waals surface area contributed by atoms with Crippen LogP contribution in [0.25, 0.3) is 22.2 Å². The number of hydrogen-bond donors (Lipinski definition) is 0. The highest BCUT2D eigenvalue weighted by Crippen LogP contribution is 2.35. The first-order chi connectivity index (χ1) is 10.2. The summed E-state index contributed by atoms with van der Waals surface area (Å²) in [5.41, 5.74) is 4.72. The molecule has 3 aromatic rings. The van der Waals surface area contributed by atoms with Crippen molar-refractivity contribution in [2.24, 2.45) is 0 Å². The van der Waals surface area contributed by atoms with E-state index in [2.05, 4.69) is 30.2 Å². The number of hydrogen-bond acceptors (Lipinski definition) is 4. The lowest BCUT2D eigenvalue weighted by atomic mass is 9.94. The van der Waals surface area contributed by atoms with Crippen LogP contribution in [-0.4, -0.2) is 17.3 Å². The van der Waals surface area contributed by atoms with Gasteiger partial charge in [-0.25, -0.2) is 4.98 Å². The molecule has 0 aliphatic carbocycles. The maximum Gasteiger partial charge on any atom is 0.127 e. The van der Waals surface area contributed by atoms with Gasteiger partial charge in [0.15, 0.2) is 0 Å². The van der Waals surface area contributed by atoms with E-state index in [1.165, 1.54) is 0 Å². The fourth-order valence-electron chi connectivity index (χ4n) is 2.49. The van der Waals surface area contributed by atoms with Gasteiger partial charge in [-0.3, -0.25) is 0 Å². The molecule has 3 rings (SSSR count). The third-order valence-corrected chi connectivity index (χ3v) is 3.53. The molecule has 0 saturated carbocycles. The molecule has 4 nitrogen and oxygen atoms in total. The third-order valence-electron chi connectivity index (χ3n) is 3.53. The van der Waals surface area contributed by atoms with Gasteiger partial charge >= 0.3 is 0 Å². The number of para-hydroxylation sites is 1. The Balaban J connectivity index is 2.32. The minimum absolute atomic E-state index is 0.327. The largest absolute Gasteiger partial charge is 0.380 e. The molecule has 107 valence electrons. The van der Waals surface area contributed by atoms with E-state index in [0.29, 0.717) is 12.5 Å². The highest BCUT2D eigenvalue weighted by Gasteiger charge is 2.19. The smallest absolute Gasteiger partial charge is 0.127 e. The maximum atomic E-state index is 5.29. The van der Waals surface area contributed by atoms with Crippen LogP contribution in [0.15, 0.2) is 35.1 Å². The van der Waals surface area contributed by atoms with Crippen molar-refractivity contribution >= 4 is 10.9 Å². The van der Waals surface area contributed by atoms with Crippen LogP contribution in [0.5, 0.6) is 0 Å². The van der Waals surface area contributed by atoms with Crippen LogP contribution in [0.1, 0.15) is 30.9 Å². The van der Waals surface area contributed by atoms with Gasteiger partial charge in [0.1, 0.15) is 12.0 Å². The second-order valence-electron chi connectivity index (χ2n) is 5.30. The van der Waals surface area contributed by atoms with Crippen molar-refractivity contribution in [1.82, 2.24) is 10.1 Å². The number of benzene rings is 1. The molecule has 0 atom stereocenters. The van der Waals surface area contributed by atoms with E-state index in [1.807, 2.05) is 24.3 Å². The molecule has 1 aromatic carbocycles. The predicted octanol–water partition coefficient (Wildman–Crippen LogP) is 3.96. The van der Waals surface area contributed by atoms with E-state index < -0.39 is 0 Å². The lowest BCUT2D eigenvalue weighted by Crippen LogP contribution is -1.99. The number of methoxy groups -OCH3 is 1. The van der Waals surface area contributed by atoms with Gasteiger partial charge in [0, 0.05) is 29.2 Å². The molecule has 0 aliphatic rings. The summed E-state index contributed by atoms with van der Waals surface area (Å²) in [5.74, 6) is 0.327. The minimum Gasteiger partial charge on any atom is -0.380 e. The van der Waals surface area contributed by atoms with E-state index >= 15 is 0 Å². The number of aromatic nitrogens is 2. The fourth-order valence-corrected chi connectivity index (χ4v) is 2.49. The number of pyridine rings is 1. The number of fused-ring (bicyclic) bond motifs is 1. The molecule has 0 amide bonds. The van der Waals surface area contributed by atoms with Crippen LogP contribution in [0.3, 0.4) is 0 Å². The van der Waals surface area contributed by atoms with E-state index in [0.717, 1.165) is 33.3 Å². The molecule has 0 bridgehead atoms. The van der Waals surface area contributed by atoms with Crippen LogP contribution in [0.4, 0.5) is 0 Å². The number of rotatable bonds is 4. The minimum atomic E-state index is 0.327. The Hall–Kier alpha value is -2.20. The van der Waals surface area contributed by atoms with Crippen LogP contribution >= 0.6 is 0 Å². The summed E-state index contributed by atoms with van der Waals surface area (Å²) in [5, 5.41) is 5.26. The summed E-state index contributed by atoms with van der Waals surface area (Å²) >= 11 is 0. The van der Waals surface area contributed by atoms with Crippen molar-refractivity contribution in [1.29, 1.82) is 0 Å². The fraction of sp³-hybridized carbons (Fsp3) is 0.294. The predicted molar refractivity (Wildman–Crippen MR) is 80.9 cm³/mol. The molecule has 21 heavy (non-hydrogen) atoms. The number of ether oxygens (including phenoxy) is 1. The van der Waals surface area contributed by atoms with Gasteiger partial charge in [0.2, 0.25) is 0 Å². The SMILES string of the molecule is COCc1[c]nc2ccccc2c1-c1nocc1C(C)C. The standard InChI is InChI=1S/C17H17N2O2/c1-11(2)14-10-21-19-17(14)16-12(9-20-3)8-18-15-7-5-4-6-13(15)16/h4-7,10-11H,9H2,1-3H3. The second-order valence-corrected chi connectivity index (χ2v) is 5.30. The molecule has 0 aliphatic heterocycles. The van der Waals surface area contributed by atoms with Crippen LogP contribution in [0.2, 0.25) is 0 Å². The third kappa shape index (κ3) is 2.43. The highest BCUT2D eigenvalue weighted by atomic mass is 16.5. The Labute approximate surface area is 123 Å². The Kier molecular flexibility index (Phi) is 3.71. The van der Waals surface area contributed by atoms with Crippen LogP contribution in [-0.2, 0) is 11.3 Å². The lowest BCUT2D eigenvalue weighted by Gasteiger charge is -2.12. The topological polar surface area (TPSA) is 48.2 Å². The first-order valence-electron chi connectivity index (χ1n) is 6.95. The molecule has 0 saturated heterocycles. The van der Waals surface area contributed by atoms with Gasteiger partial charge in [-0.05, 0) is 12.0 Å². The molecule has 2 heterocycles. The summed E-state index contributed by atoms with van der Waals surface area (Å²) in [7, 11) is 1.67. The quantitative estimate of drug-likeness (QED) is 0.726. The monoisotopic (exact) mass is 281 g/mol. The zero-order valence-corrected chi connectivity index (χ0v) is 12.4. The van der Waals surface area contributed by atoms with E-state index in [9.17, 15) is 0 Å². The molecule has 0 spiro atoms. The zero-order valence-electron chi connectivity index (χ0n) is 12.4. The molecule has 0 fully saturated rings. The van der Waals surface area contributed by atoms with E-state index in [4.69, 9.17) is 9.26 Å². The maximum absolute atomic E-state index is 5.29. The molecule has 2 aromatic heterocycles. The molecule has 4 heteroatoms. The zero-order chi connectivity index (χ0) is 14.8. The second kappa shape index (κ2) is 5.66. The molecular formula is C17H17N2O2. The summed E-state index contributed by atoms with van der Waals surface area (Å²) in [6.07, 6.45) is 4.79. The van der Waals surface area contributed by atoms with Gasteiger partial charge in [-0.1, -0.05) is 37.2 Å². The average molecular weight is 281 g/mol. The molecule has 0 unspecified atom stereocenters. The summed E-state index contributed by atoms with van der Waals surface area (Å²) in [4.78, 5) is 4.38. The Bertz CT molecular complexity index is 762. The Morgan fingerprint density at radius 3 is 2.86 bits per heavy atom. The Morgan fingerprint density at radius 2 is 2.10 bits per heavy atom. The molecule has 1 radical (unpaired) electrons. The van der Waals surface area contributed by atoms with Crippen LogP contribution < -0.4 is 0 Å².